The van der Waals surface area contributed by atoms with E-state index in [1.807, 2.05) is 52.0 Å². The number of aryl methyl sites for hydroxylation is 1. The minimum Gasteiger partial charge on any atom is -0.458 e. The number of tetrazole rings is 1. The molecule has 5 rings (SSSR count). The van der Waals surface area contributed by atoms with E-state index in [1.165, 1.54) is 58.8 Å². The van der Waals surface area contributed by atoms with Crippen molar-refractivity contribution < 1.29 is 18.4 Å². The number of carbonyl (C=O) groups is 2. The van der Waals surface area contributed by atoms with Gasteiger partial charge in [0.15, 0.2) is 5.76 Å². The van der Waals surface area contributed by atoms with E-state index in [0.717, 1.165) is 12.8 Å². The third-order valence-electron chi connectivity index (χ3n) is 7.40. The number of aromatic nitrogens is 4. The molecule has 2 aromatic heterocycles. The number of nitrogens with zero attached hydrogens (tertiary/aromatic N) is 5. The Morgan fingerprint density at radius 3 is 2.33 bits per heavy atom. The van der Waals surface area contributed by atoms with Crippen LogP contribution in [0.2, 0.25) is 0 Å². The van der Waals surface area contributed by atoms with Crippen LogP contribution in [0.1, 0.15) is 81.7 Å². The van der Waals surface area contributed by atoms with Gasteiger partial charge < -0.3 is 9.73 Å². The van der Waals surface area contributed by atoms with E-state index in [-0.39, 0.29) is 12.4 Å². The lowest BCUT2D eigenvalue weighted by molar-refractivity contribution is -0.128. The van der Waals surface area contributed by atoms with Crippen LogP contribution >= 0.6 is 0 Å². The monoisotopic (exact) mass is 572 g/mol. The maximum atomic E-state index is 14.1. The van der Waals surface area contributed by atoms with Crippen molar-refractivity contribution in [3.05, 3.63) is 83.4 Å². The molecular weight excluding hydrogens is 535 g/mol. The topological polar surface area (TPSA) is 106 Å². The van der Waals surface area contributed by atoms with Crippen LogP contribution in [-0.2, 0) is 16.1 Å². The molecule has 1 unspecified atom stereocenters. The first kappa shape index (κ1) is 29.2. The van der Waals surface area contributed by atoms with Gasteiger partial charge in [0.25, 0.3) is 5.91 Å². The molecule has 9 nitrogen and oxygen atoms in total. The van der Waals surface area contributed by atoms with Gasteiger partial charge in [-0.1, -0.05) is 43.5 Å². The Morgan fingerprint density at radius 1 is 1.02 bits per heavy atom. The highest BCUT2D eigenvalue weighted by Gasteiger charge is 2.35. The molecule has 0 spiro atoms. The summed E-state index contributed by atoms with van der Waals surface area (Å²) in [6.45, 7) is 7.14. The van der Waals surface area contributed by atoms with Crippen LogP contribution < -0.4 is 10.2 Å². The lowest BCUT2D eigenvalue weighted by Gasteiger charge is -2.34. The summed E-state index contributed by atoms with van der Waals surface area (Å²) in [5.74, 6) is 0.616. The number of furan rings is 1. The molecule has 0 aliphatic heterocycles. The Labute approximate surface area is 245 Å². The van der Waals surface area contributed by atoms with Crippen molar-refractivity contribution in [2.45, 2.75) is 83.8 Å². The molecule has 2 amide bonds. The van der Waals surface area contributed by atoms with Crippen LogP contribution in [0.4, 0.5) is 10.1 Å². The number of halogens is 1. The highest BCUT2D eigenvalue weighted by Crippen LogP contribution is 2.35. The Balaban J connectivity index is 1.52. The lowest BCUT2D eigenvalue weighted by atomic mass is 9.84. The molecule has 0 bridgehead atoms. The van der Waals surface area contributed by atoms with Gasteiger partial charge >= 0.3 is 0 Å². The first-order valence-corrected chi connectivity index (χ1v) is 14.4. The van der Waals surface area contributed by atoms with Crippen molar-refractivity contribution in [2.24, 2.45) is 0 Å². The van der Waals surface area contributed by atoms with Crippen LogP contribution in [0, 0.1) is 12.7 Å². The zero-order valence-electron chi connectivity index (χ0n) is 24.5. The third-order valence-corrected chi connectivity index (χ3v) is 7.40. The summed E-state index contributed by atoms with van der Waals surface area (Å²) in [6.07, 6.45) is 5.96. The molecular formula is C32H37FN6O3. The number of hydrogen-bond donors (Lipinski definition) is 1. The first-order valence-electron chi connectivity index (χ1n) is 14.4. The van der Waals surface area contributed by atoms with E-state index in [4.69, 9.17) is 4.42 Å². The molecule has 42 heavy (non-hydrogen) atoms. The minimum absolute atomic E-state index is 0.250. The van der Waals surface area contributed by atoms with Gasteiger partial charge in [-0.05, 0) is 99.2 Å². The van der Waals surface area contributed by atoms with Gasteiger partial charge in [0.1, 0.15) is 24.2 Å². The molecule has 220 valence electrons. The fraction of sp³-hybridized carbons (Fsp3) is 0.406. The maximum Gasteiger partial charge on any atom is 0.251 e. The van der Waals surface area contributed by atoms with Crippen molar-refractivity contribution in [2.75, 3.05) is 4.90 Å². The number of rotatable bonds is 8. The van der Waals surface area contributed by atoms with E-state index >= 15 is 0 Å². The van der Waals surface area contributed by atoms with Crippen molar-refractivity contribution in [3.63, 3.8) is 0 Å². The first-order chi connectivity index (χ1) is 20.1. The van der Waals surface area contributed by atoms with Crippen LogP contribution in [-0.4, -0.2) is 37.6 Å². The summed E-state index contributed by atoms with van der Waals surface area (Å²) in [5.41, 5.74) is 1.67. The van der Waals surface area contributed by atoms with E-state index in [9.17, 15) is 14.0 Å². The molecule has 1 aliphatic carbocycles. The fourth-order valence-corrected chi connectivity index (χ4v) is 5.44. The molecule has 2 aromatic carbocycles. The van der Waals surface area contributed by atoms with E-state index in [0.29, 0.717) is 28.7 Å². The number of carbonyl (C=O) groups excluding carboxylic acids is 2. The van der Waals surface area contributed by atoms with Gasteiger partial charge in [-0.25, -0.2) is 4.39 Å². The Hall–Kier alpha value is -4.34. The number of amides is 2. The molecule has 10 heteroatoms. The normalized spacial score (nSPS) is 14.9. The second-order valence-corrected chi connectivity index (χ2v) is 11.9. The van der Waals surface area contributed by atoms with Crippen molar-refractivity contribution >= 4 is 17.5 Å². The van der Waals surface area contributed by atoms with E-state index in [2.05, 4.69) is 20.7 Å². The zero-order valence-corrected chi connectivity index (χ0v) is 24.5. The minimum atomic E-state index is -1.08. The van der Waals surface area contributed by atoms with Gasteiger partial charge in [-0.2, -0.15) is 4.80 Å². The Morgan fingerprint density at radius 2 is 1.71 bits per heavy atom. The van der Waals surface area contributed by atoms with Crippen LogP contribution in [0.15, 0.2) is 65.1 Å². The zero-order chi connectivity index (χ0) is 29.9. The van der Waals surface area contributed by atoms with Crippen molar-refractivity contribution in [1.82, 2.24) is 25.5 Å². The van der Waals surface area contributed by atoms with Gasteiger partial charge in [0.05, 0.1) is 0 Å². The summed E-state index contributed by atoms with van der Waals surface area (Å²) < 4.78 is 19.5. The second-order valence-electron chi connectivity index (χ2n) is 11.9. The van der Waals surface area contributed by atoms with Gasteiger partial charge in [-0.15, -0.1) is 10.2 Å². The average molecular weight is 573 g/mol. The predicted octanol–water partition coefficient (Wildman–Crippen LogP) is 6.12. The third kappa shape index (κ3) is 6.92. The Kier molecular flexibility index (Phi) is 8.51. The summed E-state index contributed by atoms with van der Waals surface area (Å²) >= 11 is 0. The summed E-state index contributed by atoms with van der Waals surface area (Å²) in [5, 5.41) is 15.4. The smallest absolute Gasteiger partial charge is 0.251 e. The molecule has 1 N–H and O–H groups in total. The van der Waals surface area contributed by atoms with Gasteiger partial charge in [-0.3, -0.25) is 14.5 Å². The van der Waals surface area contributed by atoms with Crippen LogP contribution in [0.5, 0.6) is 0 Å². The standard InChI is InChI=1S/C32H37FN6O3/c1-21-10-19-27(42-21)30-35-37-38(36-30)20-28(40)39(26-17-13-23(14-18-26)22-8-6-5-7-9-22)29(31(41)34-32(2,3)4)24-11-15-25(33)16-12-24/h10-19,22,29H,5-9,20H2,1-4H3,(H,34,41). The number of nitrogens with one attached hydrogen (secondary N) is 1. The molecule has 1 saturated carbocycles. The van der Waals surface area contributed by atoms with Crippen LogP contribution in [0.25, 0.3) is 11.6 Å². The molecule has 1 aliphatic rings. The molecule has 1 fully saturated rings. The molecule has 0 radical (unpaired) electrons. The second kappa shape index (κ2) is 12.3. The summed E-state index contributed by atoms with van der Waals surface area (Å²) in [6, 6.07) is 15.9. The predicted molar refractivity (Wildman–Crippen MR) is 157 cm³/mol. The SMILES string of the molecule is Cc1ccc(-c2nnn(CC(=O)N(c3ccc(C4CCCCC4)cc3)C(C(=O)NC(C)(C)C)c3ccc(F)cc3)n2)o1. The van der Waals surface area contributed by atoms with Gasteiger partial charge in [0, 0.05) is 11.2 Å². The summed E-state index contributed by atoms with van der Waals surface area (Å²) in [7, 11) is 0. The fourth-order valence-electron chi connectivity index (χ4n) is 5.44. The largest absolute Gasteiger partial charge is 0.458 e. The highest BCUT2D eigenvalue weighted by atomic mass is 19.1. The summed E-state index contributed by atoms with van der Waals surface area (Å²) in [4.78, 5) is 30.6. The van der Waals surface area contributed by atoms with E-state index in [1.54, 1.807) is 12.1 Å². The molecule has 0 saturated heterocycles. The number of anilines is 1. The van der Waals surface area contributed by atoms with Crippen LogP contribution in [0.3, 0.4) is 0 Å². The van der Waals surface area contributed by atoms with Crippen molar-refractivity contribution in [1.29, 1.82) is 0 Å². The van der Waals surface area contributed by atoms with E-state index < -0.39 is 29.2 Å². The molecule has 1 atom stereocenters. The molecule has 2 heterocycles. The number of hydrogen-bond acceptors (Lipinski definition) is 6. The molecule has 4 aromatic rings. The number of benzene rings is 2. The Bertz CT molecular complexity index is 1510. The maximum absolute atomic E-state index is 14.1. The van der Waals surface area contributed by atoms with Crippen molar-refractivity contribution in [3.8, 4) is 11.6 Å². The average Bonchev–Trinajstić information content (AvgIpc) is 3.61. The highest BCUT2D eigenvalue weighted by molar-refractivity contribution is 6.01. The lowest BCUT2D eigenvalue weighted by Crippen LogP contribution is -2.50. The van der Waals surface area contributed by atoms with Gasteiger partial charge in [0.2, 0.25) is 11.7 Å². The quantitative estimate of drug-likeness (QED) is 0.273.